The van der Waals surface area contributed by atoms with Crippen molar-refractivity contribution < 1.29 is 23.5 Å². The predicted molar refractivity (Wildman–Crippen MR) is 129 cm³/mol. The third-order valence-corrected chi connectivity index (χ3v) is 5.39. The second kappa shape index (κ2) is 10.7. The van der Waals surface area contributed by atoms with Crippen LogP contribution >= 0.6 is 0 Å². The van der Waals surface area contributed by atoms with E-state index in [1.165, 1.54) is 18.2 Å². The Morgan fingerprint density at radius 3 is 2.54 bits per heavy atom. The molecule has 1 aliphatic heterocycles. The number of carbonyl (C=O) groups is 2. The van der Waals surface area contributed by atoms with E-state index in [1.54, 1.807) is 61.7 Å². The number of nitrogens with one attached hydrogen (secondary N) is 1. The van der Waals surface area contributed by atoms with Crippen LogP contribution in [0.3, 0.4) is 0 Å². The Hall–Kier alpha value is -4.40. The summed E-state index contributed by atoms with van der Waals surface area (Å²) in [4.78, 5) is 30.3. The lowest BCUT2D eigenvalue weighted by atomic mass is 10.2. The van der Waals surface area contributed by atoms with E-state index in [0.717, 1.165) is 6.42 Å². The lowest BCUT2D eigenvalue weighted by Gasteiger charge is -2.20. The first-order valence-electron chi connectivity index (χ1n) is 11.1. The maximum absolute atomic E-state index is 13.3. The average Bonchev–Trinajstić information content (AvgIpc) is 3.29. The highest BCUT2D eigenvalue weighted by molar-refractivity contribution is 5.96. The lowest BCUT2D eigenvalue weighted by Crippen LogP contribution is -2.36. The fraction of sp³-hybridized carbons (Fsp3) is 0.192. The molecule has 1 aromatic heterocycles. The summed E-state index contributed by atoms with van der Waals surface area (Å²) in [5.41, 5.74) is 6.45. The first-order valence-corrected chi connectivity index (χ1v) is 11.1. The molecule has 0 saturated carbocycles. The van der Waals surface area contributed by atoms with Crippen LogP contribution in [0.5, 0.6) is 23.1 Å². The molecule has 9 heteroatoms. The number of anilines is 1. The smallest absolute Gasteiger partial charge is 0.254 e. The van der Waals surface area contributed by atoms with E-state index in [9.17, 15) is 14.0 Å². The average molecular weight is 477 g/mol. The zero-order valence-electron chi connectivity index (χ0n) is 19.1. The van der Waals surface area contributed by atoms with Crippen LogP contribution in [0.25, 0.3) is 0 Å². The number of hydrogen-bond donors (Lipinski definition) is 2. The standard InChI is InChI=1S/C26H25FN4O4/c1-2-4-24(32)30-18-11-12-31(16-18)19-14-23(25(28)33)26(29-15-19)35-21-9-7-20(8-10-21)34-22-6-3-5-17(27)13-22/h2-10,13-15,18H,11-12,16H2,1H3,(H2,28,33)(H,30,32). The molecule has 2 aromatic carbocycles. The van der Waals surface area contributed by atoms with Crippen LogP contribution in [0.1, 0.15) is 23.7 Å². The lowest BCUT2D eigenvalue weighted by molar-refractivity contribution is -0.117. The fourth-order valence-corrected chi connectivity index (χ4v) is 3.74. The minimum absolute atomic E-state index is 0.000216. The number of allylic oxidation sites excluding steroid dienone is 1. The predicted octanol–water partition coefficient (Wildman–Crippen LogP) is 4.18. The highest BCUT2D eigenvalue weighted by Crippen LogP contribution is 2.30. The van der Waals surface area contributed by atoms with Gasteiger partial charge < -0.3 is 25.4 Å². The molecule has 0 spiro atoms. The SMILES string of the molecule is CC=CC(=O)NC1CCN(c2cnc(Oc3ccc(Oc4cccc(F)c4)cc3)c(C(N)=O)c2)C1. The number of benzene rings is 2. The van der Waals surface area contributed by atoms with Crippen molar-refractivity contribution in [2.24, 2.45) is 5.73 Å². The number of hydrogen-bond acceptors (Lipinski definition) is 6. The Labute approximate surface area is 202 Å². The van der Waals surface area contributed by atoms with Gasteiger partial charge in [-0.15, -0.1) is 0 Å². The summed E-state index contributed by atoms with van der Waals surface area (Å²) in [7, 11) is 0. The van der Waals surface area contributed by atoms with Crippen LogP contribution in [0.2, 0.25) is 0 Å². The van der Waals surface area contributed by atoms with Gasteiger partial charge in [0.05, 0.1) is 11.9 Å². The van der Waals surface area contributed by atoms with Gasteiger partial charge in [0.1, 0.15) is 28.6 Å². The van der Waals surface area contributed by atoms with Gasteiger partial charge in [0, 0.05) is 25.2 Å². The Morgan fingerprint density at radius 1 is 1.11 bits per heavy atom. The molecule has 1 aliphatic rings. The maximum Gasteiger partial charge on any atom is 0.254 e. The molecule has 3 aromatic rings. The summed E-state index contributed by atoms with van der Waals surface area (Å²) < 4.78 is 24.8. The Kier molecular flexibility index (Phi) is 7.25. The van der Waals surface area contributed by atoms with Crippen molar-refractivity contribution in [2.45, 2.75) is 19.4 Å². The quantitative estimate of drug-likeness (QED) is 0.473. The fourth-order valence-electron chi connectivity index (χ4n) is 3.74. The molecule has 4 rings (SSSR count). The van der Waals surface area contributed by atoms with Crippen LogP contribution in [-0.2, 0) is 4.79 Å². The molecule has 2 heterocycles. The summed E-state index contributed by atoms with van der Waals surface area (Å²) in [6, 6.07) is 14.1. The summed E-state index contributed by atoms with van der Waals surface area (Å²) >= 11 is 0. The van der Waals surface area contributed by atoms with E-state index in [2.05, 4.69) is 10.3 Å². The molecule has 180 valence electrons. The molecule has 1 atom stereocenters. The Morgan fingerprint density at radius 2 is 1.86 bits per heavy atom. The van der Waals surface area contributed by atoms with Crippen molar-refractivity contribution in [3.05, 3.63) is 84.3 Å². The molecule has 35 heavy (non-hydrogen) atoms. The number of ether oxygens (including phenoxy) is 2. The third-order valence-electron chi connectivity index (χ3n) is 5.39. The molecule has 0 radical (unpaired) electrons. The summed E-state index contributed by atoms with van der Waals surface area (Å²) in [6.45, 7) is 3.08. The Balaban J connectivity index is 1.44. The number of halogens is 1. The first kappa shape index (κ1) is 23.7. The zero-order chi connectivity index (χ0) is 24.8. The van der Waals surface area contributed by atoms with E-state index in [0.29, 0.717) is 36.0 Å². The van der Waals surface area contributed by atoms with Crippen LogP contribution in [0.4, 0.5) is 10.1 Å². The number of rotatable bonds is 8. The molecular weight excluding hydrogens is 451 g/mol. The number of amides is 2. The van der Waals surface area contributed by atoms with E-state index in [4.69, 9.17) is 15.2 Å². The maximum atomic E-state index is 13.3. The number of nitrogens with two attached hydrogens (primary N) is 1. The van der Waals surface area contributed by atoms with Crippen LogP contribution in [0, 0.1) is 5.82 Å². The molecule has 1 fully saturated rings. The van der Waals surface area contributed by atoms with E-state index >= 15 is 0 Å². The van der Waals surface area contributed by atoms with Gasteiger partial charge in [-0.1, -0.05) is 12.1 Å². The van der Waals surface area contributed by atoms with Crippen molar-refractivity contribution in [3.8, 4) is 23.1 Å². The van der Waals surface area contributed by atoms with Gasteiger partial charge in [-0.2, -0.15) is 0 Å². The summed E-state index contributed by atoms with van der Waals surface area (Å²) in [5.74, 6) is 0.177. The number of pyridine rings is 1. The Bertz CT molecular complexity index is 1250. The zero-order valence-corrected chi connectivity index (χ0v) is 19.1. The second-order valence-electron chi connectivity index (χ2n) is 7.98. The third kappa shape index (κ3) is 6.14. The first-order chi connectivity index (χ1) is 16.9. The van der Waals surface area contributed by atoms with Crippen molar-refractivity contribution in [1.82, 2.24) is 10.3 Å². The van der Waals surface area contributed by atoms with Gasteiger partial charge in [-0.3, -0.25) is 9.59 Å². The molecule has 1 saturated heterocycles. The monoisotopic (exact) mass is 476 g/mol. The van der Waals surface area contributed by atoms with E-state index < -0.39 is 5.91 Å². The molecule has 0 bridgehead atoms. The van der Waals surface area contributed by atoms with Crippen LogP contribution in [0.15, 0.2) is 72.9 Å². The van der Waals surface area contributed by atoms with Gasteiger partial charge in [0.15, 0.2) is 0 Å². The highest BCUT2D eigenvalue weighted by atomic mass is 19.1. The van der Waals surface area contributed by atoms with Crippen molar-refractivity contribution >= 4 is 17.5 Å². The molecule has 2 amide bonds. The molecule has 3 N–H and O–H groups in total. The van der Waals surface area contributed by atoms with Gasteiger partial charge >= 0.3 is 0 Å². The number of primary amides is 1. The van der Waals surface area contributed by atoms with E-state index in [1.807, 2.05) is 4.90 Å². The van der Waals surface area contributed by atoms with Gasteiger partial charge in [0.25, 0.3) is 5.91 Å². The molecule has 1 unspecified atom stereocenters. The van der Waals surface area contributed by atoms with Gasteiger partial charge in [-0.25, -0.2) is 9.37 Å². The van der Waals surface area contributed by atoms with Gasteiger partial charge in [-0.05, 0) is 61.9 Å². The van der Waals surface area contributed by atoms with Crippen LogP contribution in [-0.4, -0.2) is 35.9 Å². The molecule has 8 nitrogen and oxygen atoms in total. The summed E-state index contributed by atoms with van der Waals surface area (Å²) in [5, 5.41) is 2.95. The van der Waals surface area contributed by atoms with E-state index in [-0.39, 0.29) is 29.2 Å². The van der Waals surface area contributed by atoms with Crippen molar-refractivity contribution in [3.63, 3.8) is 0 Å². The van der Waals surface area contributed by atoms with Gasteiger partial charge in [0.2, 0.25) is 11.8 Å². The molecular formula is C26H25FN4O4. The topological polar surface area (TPSA) is 107 Å². The number of carbonyl (C=O) groups excluding carboxylic acids is 2. The molecule has 0 aliphatic carbocycles. The van der Waals surface area contributed by atoms with Crippen molar-refractivity contribution in [1.29, 1.82) is 0 Å². The minimum Gasteiger partial charge on any atom is -0.457 e. The largest absolute Gasteiger partial charge is 0.457 e. The van der Waals surface area contributed by atoms with Crippen LogP contribution < -0.4 is 25.4 Å². The van der Waals surface area contributed by atoms with Crippen molar-refractivity contribution in [2.75, 3.05) is 18.0 Å². The second-order valence-corrected chi connectivity index (χ2v) is 7.98. The highest BCUT2D eigenvalue weighted by Gasteiger charge is 2.25. The number of aromatic nitrogens is 1. The minimum atomic E-state index is -0.669. The normalized spacial score (nSPS) is 15.3. The summed E-state index contributed by atoms with van der Waals surface area (Å²) in [6.07, 6.45) is 5.56. The number of nitrogens with zero attached hydrogens (tertiary/aromatic N) is 2.